The highest BCUT2D eigenvalue weighted by molar-refractivity contribution is 6.61. The van der Waals surface area contributed by atoms with Crippen LogP contribution in [0.1, 0.15) is 29.8 Å². The SMILES string of the molecule is c1ccc(CN(Cc2cn(CCC[Si]34OCCN(CCO3)CCO4)nn2)Cc2cn(CCC[Si]34OCCN(CCO3)CCO4)nn2)cc1. The van der Waals surface area contributed by atoms with E-state index in [1.54, 1.807) is 0 Å². The average Bonchev–Trinajstić information content (AvgIpc) is 3.67. The van der Waals surface area contributed by atoms with Gasteiger partial charge < -0.3 is 26.6 Å². The highest BCUT2D eigenvalue weighted by Crippen LogP contribution is 2.24. The first-order chi connectivity index (χ1) is 23.6. The molecule has 6 aliphatic heterocycles. The summed E-state index contributed by atoms with van der Waals surface area (Å²) in [6.07, 6.45) is 5.82. The highest BCUT2D eigenvalue weighted by Gasteiger charge is 2.44. The van der Waals surface area contributed by atoms with E-state index >= 15 is 0 Å². The fraction of sp³-hybridized carbons (Fsp3) is 0.677. The molecule has 6 aliphatic rings. The molecule has 9 rings (SSSR count). The van der Waals surface area contributed by atoms with E-state index in [4.69, 9.17) is 26.6 Å². The first-order valence-electron chi connectivity index (χ1n) is 17.5. The number of benzene rings is 1. The van der Waals surface area contributed by atoms with Crippen LogP contribution < -0.4 is 0 Å². The minimum atomic E-state index is -2.64. The van der Waals surface area contributed by atoms with Gasteiger partial charge in [-0.05, 0) is 18.4 Å². The standard InChI is InChI=1S/C31H49N9O6Si2/c1-2-6-29(7-3-1)24-38(25-30-27-39(34-32-30)8-4-22-47-41-16-10-36(11-17-42-47)12-18-43-47)26-31-28-40(35-33-31)9-5-23-48-44-19-13-37(14-20-45-48)15-21-46-48/h1-3,6-7,27-28H,4-5,8-26H2. The van der Waals surface area contributed by atoms with E-state index in [9.17, 15) is 0 Å². The Morgan fingerprint density at radius 2 is 0.979 bits per heavy atom. The molecule has 8 heterocycles. The van der Waals surface area contributed by atoms with Gasteiger partial charge in [0, 0.05) is 96.5 Å². The van der Waals surface area contributed by atoms with Gasteiger partial charge in [-0.15, -0.1) is 10.2 Å². The number of nitrogens with zero attached hydrogens (tertiary/aromatic N) is 9. The Kier molecular flexibility index (Phi) is 11.7. The quantitative estimate of drug-likeness (QED) is 0.226. The first-order valence-corrected chi connectivity index (χ1v) is 21.3. The normalized spacial score (nSPS) is 28.0. The van der Waals surface area contributed by atoms with Gasteiger partial charge in [-0.2, -0.15) is 0 Å². The molecule has 6 fully saturated rings. The third kappa shape index (κ3) is 9.42. The van der Waals surface area contributed by atoms with Crippen molar-refractivity contribution in [2.45, 2.75) is 57.7 Å². The van der Waals surface area contributed by atoms with Crippen LogP contribution >= 0.6 is 0 Å². The van der Waals surface area contributed by atoms with Crippen LogP contribution in [0, 0.1) is 0 Å². The summed E-state index contributed by atoms with van der Waals surface area (Å²) >= 11 is 0. The van der Waals surface area contributed by atoms with Crippen LogP contribution in [0.3, 0.4) is 0 Å². The van der Waals surface area contributed by atoms with Gasteiger partial charge in [0.1, 0.15) is 0 Å². The van der Waals surface area contributed by atoms with Crippen molar-refractivity contribution >= 4 is 17.6 Å². The Morgan fingerprint density at radius 1 is 0.562 bits per heavy atom. The average molecular weight is 700 g/mol. The van der Waals surface area contributed by atoms with Gasteiger partial charge in [0.2, 0.25) is 0 Å². The second-order valence-corrected chi connectivity index (χ2v) is 18.4. The molecule has 0 aliphatic carbocycles. The third-order valence-corrected chi connectivity index (χ3v) is 15.1. The van der Waals surface area contributed by atoms with Crippen LogP contribution in [0.4, 0.5) is 0 Å². The third-order valence-electron chi connectivity index (χ3n) is 9.31. The summed E-state index contributed by atoms with van der Waals surface area (Å²) in [4.78, 5) is 7.01. The Balaban J connectivity index is 0.926. The topological polar surface area (TPSA) is 127 Å². The Labute approximate surface area is 284 Å². The van der Waals surface area contributed by atoms with Crippen LogP contribution in [-0.2, 0) is 59.3 Å². The Morgan fingerprint density at radius 3 is 1.40 bits per heavy atom. The van der Waals surface area contributed by atoms with E-state index in [2.05, 4.69) is 59.6 Å². The molecule has 6 saturated heterocycles. The van der Waals surface area contributed by atoms with Gasteiger partial charge in [0.05, 0.1) is 51.0 Å². The molecule has 262 valence electrons. The second kappa shape index (κ2) is 16.5. The summed E-state index contributed by atoms with van der Waals surface area (Å²) in [5.74, 6) is 0. The van der Waals surface area contributed by atoms with Gasteiger partial charge in [-0.1, -0.05) is 40.8 Å². The zero-order valence-corrected chi connectivity index (χ0v) is 29.9. The van der Waals surface area contributed by atoms with E-state index in [1.165, 1.54) is 5.56 Å². The fourth-order valence-electron chi connectivity index (χ4n) is 6.76. The van der Waals surface area contributed by atoms with Crippen molar-refractivity contribution in [1.82, 2.24) is 44.7 Å². The molecule has 1 aromatic carbocycles. The maximum absolute atomic E-state index is 6.20. The van der Waals surface area contributed by atoms with Crippen LogP contribution in [0.5, 0.6) is 0 Å². The number of aryl methyl sites for hydroxylation is 2. The molecule has 2 aromatic heterocycles. The molecule has 0 N–H and O–H groups in total. The molecular formula is C31H49N9O6Si2. The van der Waals surface area contributed by atoms with Crippen molar-refractivity contribution in [3.8, 4) is 0 Å². The van der Waals surface area contributed by atoms with Crippen molar-refractivity contribution in [2.75, 3.05) is 78.9 Å². The minimum absolute atomic E-state index is 0.643. The lowest BCUT2D eigenvalue weighted by Gasteiger charge is -2.38. The van der Waals surface area contributed by atoms with Gasteiger partial charge in [0.15, 0.2) is 0 Å². The van der Waals surface area contributed by atoms with Gasteiger partial charge in [-0.3, -0.25) is 24.1 Å². The van der Waals surface area contributed by atoms with Crippen molar-refractivity contribution in [3.05, 3.63) is 59.7 Å². The van der Waals surface area contributed by atoms with Crippen LogP contribution in [0.2, 0.25) is 12.1 Å². The lowest BCUT2D eigenvalue weighted by Crippen LogP contribution is -2.55. The first kappa shape index (κ1) is 34.0. The molecule has 0 spiro atoms. The summed E-state index contributed by atoms with van der Waals surface area (Å²) in [6, 6.07) is 12.1. The monoisotopic (exact) mass is 699 g/mol. The summed E-state index contributed by atoms with van der Waals surface area (Å²) in [5, 5.41) is 18.0. The summed E-state index contributed by atoms with van der Waals surface area (Å²) in [6.45, 7) is 13.2. The van der Waals surface area contributed by atoms with Gasteiger partial charge in [0.25, 0.3) is 0 Å². The maximum atomic E-state index is 6.20. The van der Waals surface area contributed by atoms with Crippen LogP contribution in [0.25, 0.3) is 0 Å². The number of hydrogen-bond donors (Lipinski definition) is 0. The van der Waals surface area contributed by atoms with Gasteiger partial charge in [-0.25, -0.2) is 0 Å². The van der Waals surface area contributed by atoms with Crippen molar-refractivity contribution in [1.29, 1.82) is 0 Å². The van der Waals surface area contributed by atoms with E-state index in [-0.39, 0.29) is 0 Å². The lowest BCUT2D eigenvalue weighted by molar-refractivity contribution is -0.00919. The summed E-state index contributed by atoms with van der Waals surface area (Å²) < 4.78 is 41.0. The van der Waals surface area contributed by atoms with E-state index in [1.807, 2.05) is 27.8 Å². The molecule has 4 bridgehead atoms. The molecule has 0 atom stereocenters. The number of aromatic nitrogens is 6. The smallest absolute Gasteiger partial charge is 0.372 e. The molecular weight excluding hydrogens is 651 g/mol. The van der Waals surface area contributed by atoms with Crippen molar-refractivity contribution in [2.24, 2.45) is 0 Å². The molecule has 17 heteroatoms. The summed E-state index contributed by atoms with van der Waals surface area (Å²) in [5.41, 5.74) is 3.06. The van der Waals surface area contributed by atoms with E-state index in [0.717, 1.165) is 95.2 Å². The maximum Gasteiger partial charge on any atom is 0.501 e. The molecule has 3 aromatic rings. The molecule has 48 heavy (non-hydrogen) atoms. The second-order valence-electron chi connectivity index (χ2n) is 12.9. The van der Waals surface area contributed by atoms with Crippen molar-refractivity contribution < 1.29 is 26.6 Å². The lowest BCUT2D eigenvalue weighted by atomic mass is 10.2. The highest BCUT2D eigenvalue weighted by atomic mass is 28.4. The molecule has 0 amide bonds. The molecule has 0 saturated carbocycles. The Hall–Kier alpha value is -2.43. The minimum Gasteiger partial charge on any atom is -0.372 e. The molecule has 0 radical (unpaired) electrons. The van der Waals surface area contributed by atoms with Crippen LogP contribution in [-0.4, -0.2) is 141 Å². The van der Waals surface area contributed by atoms with E-state index < -0.39 is 17.6 Å². The van der Waals surface area contributed by atoms with E-state index in [0.29, 0.717) is 52.7 Å². The van der Waals surface area contributed by atoms with Crippen LogP contribution in [0.15, 0.2) is 42.7 Å². The largest absolute Gasteiger partial charge is 0.501 e. The zero-order valence-electron chi connectivity index (χ0n) is 27.9. The number of rotatable bonds is 14. The predicted octanol–water partition coefficient (Wildman–Crippen LogP) is 1.49. The molecule has 0 unspecified atom stereocenters. The fourth-order valence-corrected chi connectivity index (χ4v) is 11.7. The number of fused-ring (bicyclic) bond motifs is 12. The predicted molar refractivity (Wildman–Crippen MR) is 178 cm³/mol. The summed E-state index contributed by atoms with van der Waals surface area (Å²) in [7, 11) is -5.28. The van der Waals surface area contributed by atoms with Gasteiger partial charge >= 0.3 is 17.6 Å². The molecule has 15 nitrogen and oxygen atoms in total. The zero-order chi connectivity index (χ0) is 32.5. The number of hydrogen-bond acceptors (Lipinski definition) is 13. The Bertz CT molecular complexity index is 1280. The van der Waals surface area contributed by atoms with Crippen molar-refractivity contribution in [3.63, 3.8) is 0 Å².